The summed E-state index contributed by atoms with van der Waals surface area (Å²) in [6, 6.07) is 56.6. The SMILES string of the molecule is Cc1ccc(N(c2ccc(C)cc2)c2cc3c4cc(C(C)(C)C)ccc4c(N(c4ccc(C)cc4)c4ccc(C)cc4)cc3c3ccccc23)cc1. The molecular formula is C50H46N2. The molecule has 0 bridgehead atoms. The smallest absolute Gasteiger partial charge is 0.0546 e. The van der Waals surface area contributed by atoms with E-state index >= 15 is 0 Å². The Morgan fingerprint density at radius 1 is 0.327 bits per heavy atom. The van der Waals surface area contributed by atoms with E-state index in [1.54, 1.807) is 0 Å². The molecule has 0 atom stereocenters. The fourth-order valence-electron chi connectivity index (χ4n) is 7.43. The van der Waals surface area contributed by atoms with Crippen molar-refractivity contribution in [1.29, 1.82) is 0 Å². The summed E-state index contributed by atoms with van der Waals surface area (Å²) in [5.41, 5.74) is 13.2. The molecule has 52 heavy (non-hydrogen) atoms. The Hall–Kier alpha value is -5.86. The minimum atomic E-state index is -0.0143. The van der Waals surface area contributed by atoms with E-state index in [1.165, 1.54) is 71.5 Å². The van der Waals surface area contributed by atoms with Crippen LogP contribution in [0, 0.1) is 27.7 Å². The molecule has 8 aromatic carbocycles. The highest BCUT2D eigenvalue weighted by atomic mass is 15.1. The third-order valence-electron chi connectivity index (χ3n) is 10.4. The highest BCUT2D eigenvalue weighted by Crippen LogP contribution is 2.48. The van der Waals surface area contributed by atoms with Gasteiger partial charge >= 0.3 is 0 Å². The Kier molecular flexibility index (Phi) is 8.35. The molecule has 0 saturated carbocycles. The van der Waals surface area contributed by atoms with Crippen LogP contribution in [0.3, 0.4) is 0 Å². The molecule has 8 rings (SSSR count). The van der Waals surface area contributed by atoms with Gasteiger partial charge in [0.25, 0.3) is 0 Å². The molecule has 256 valence electrons. The van der Waals surface area contributed by atoms with Crippen molar-refractivity contribution >= 4 is 66.4 Å². The van der Waals surface area contributed by atoms with Crippen LogP contribution in [0.1, 0.15) is 48.6 Å². The Morgan fingerprint density at radius 3 is 1.04 bits per heavy atom. The maximum Gasteiger partial charge on any atom is 0.0546 e. The molecule has 0 amide bonds. The van der Waals surface area contributed by atoms with E-state index in [1.807, 2.05) is 0 Å². The van der Waals surface area contributed by atoms with Crippen LogP contribution in [-0.2, 0) is 5.41 Å². The van der Waals surface area contributed by atoms with Crippen LogP contribution >= 0.6 is 0 Å². The molecule has 0 saturated heterocycles. The molecule has 0 aliphatic carbocycles. The van der Waals surface area contributed by atoms with Crippen molar-refractivity contribution in [2.45, 2.75) is 53.9 Å². The van der Waals surface area contributed by atoms with E-state index in [0.717, 1.165) is 22.7 Å². The fraction of sp³-hybridized carbons (Fsp3) is 0.160. The van der Waals surface area contributed by atoms with E-state index in [0.29, 0.717) is 0 Å². The van der Waals surface area contributed by atoms with Crippen molar-refractivity contribution in [3.8, 4) is 0 Å². The van der Waals surface area contributed by atoms with Crippen LogP contribution in [0.4, 0.5) is 34.1 Å². The first-order chi connectivity index (χ1) is 25.0. The molecule has 2 heteroatoms. The molecule has 0 N–H and O–H groups in total. The van der Waals surface area contributed by atoms with Gasteiger partial charge in [0.15, 0.2) is 0 Å². The van der Waals surface area contributed by atoms with Crippen LogP contribution in [0.25, 0.3) is 32.3 Å². The summed E-state index contributed by atoms with van der Waals surface area (Å²) in [5.74, 6) is 0. The molecule has 0 aliphatic rings. The second-order valence-corrected chi connectivity index (χ2v) is 15.5. The standard InChI is InChI=1S/C50H46N2/c1-33-12-21-38(22-13-33)51(39-23-14-34(2)15-24-39)48-32-47-45-30-37(50(5,6)7)20-29-44(45)49(31-46(47)42-10-8-9-11-43(42)48)52(40-25-16-35(3)17-26-40)41-27-18-36(4)19-28-41/h8-32H,1-7H3. The first-order valence-electron chi connectivity index (χ1n) is 18.3. The van der Waals surface area contributed by atoms with Crippen LogP contribution in [0.5, 0.6) is 0 Å². The Bertz CT molecular complexity index is 2460. The van der Waals surface area contributed by atoms with Gasteiger partial charge in [-0.25, -0.2) is 0 Å². The lowest BCUT2D eigenvalue weighted by molar-refractivity contribution is 0.591. The predicted octanol–water partition coefficient (Wildman–Crippen LogP) is 14.6. The number of rotatable bonds is 6. The van der Waals surface area contributed by atoms with Gasteiger partial charge in [-0.1, -0.05) is 128 Å². The number of hydrogen-bond acceptors (Lipinski definition) is 2. The Labute approximate surface area is 308 Å². The van der Waals surface area contributed by atoms with Gasteiger partial charge in [0, 0.05) is 33.5 Å². The zero-order valence-corrected chi connectivity index (χ0v) is 31.3. The van der Waals surface area contributed by atoms with Gasteiger partial charge in [0.05, 0.1) is 11.4 Å². The summed E-state index contributed by atoms with van der Waals surface area (Å²) in [4.78, 5) is 4.87. The number of anilines is 6. The van der Waals surface area contributed by atoms with Crippen molar-refractivity contribution < 1.29 is 0 Å². The fourth-order valence-corrected chi connectivity index (χ4v) is 7.43. The van der Waals surface area contributed by atoms with Crippen molar-refractivity contribution in [2.24, 2.45) is 0 Å². The summed E-state index contributed by atoms with van der Waals surface area (Å²) in [7, 11) is 0. The zero-order valence-electron chi connectivity index (χ0n) is 31.3. The lowest BCUT2D eigenvalue weighted by Gasteiger charge is -2.30. The van der Waals surface area contributed by atoms with E-state index in [9.17, 15) is 0 Å². The van der Waals surface area contributed by atoms with E-state index < -0.39 is 0 Å². The molecule has 0 heterocycles. The largest absolute Gasteiger partial charge is 0.310 e. The second kappa shape index (κ2) is 13.0. The molecule has 0 spiro atoms. The van der Waals surface area contributed by atoms with E-state index in [-0.39, 0.29) is 5.41 Å². The minimum Gasteiger partial charge on any atom is -0.310 e. The summed E-state index contributed by atoms with van der Waals surface area (Å²) in [5, 5.41) is 7.41. The van der Waals surface area contributed by atoms with Gasteiger partial charge in [-0.15, -0.1) is 0 Å². The molecule has 0 aliphatic heterocycles. The number of aryl methyl sites for hydroxylation is 4. The Balaban J connectivity index is 1.50. The highest BCUT2D eigenvalue weighted by molar-refractivity contribution is 6.24. The van der Waals surface area contributed by atoms with Gasteiger partial charge in [-0.2, -0.15) is 0 Å². The highest BCUT2D eigenvalue weighted by Gasteiger charge is 2.23. The molecule has 2 nitrogen and oxygen atoms in total. The van der Waals surface area contributed by atoms with Crippen LogP contribution in [0.2, 0.25) is 0 Å². The zero-order chi connectivity index (χ0) is 36.1. The van der Waals surface area contributed by atoms with Crippen molar-refractivity contribution in [3.63, 3.8) is 0 Å². The predicted molar refractivity (Wildman–Crippen MR) is 226 cm³/mol. The van der Waals surface area contributed by atoms with Crippen molar-refractivity contribution in [1.82, 2.24) is 0 Å². The summed E-state index contributed by atoms with van der Waals surface area (Å²) < 4.78 is 0. The minimum absolute atomic E-state index is 0.0143. The maximum atomic E-state index is 2.45. The third-order valence-corrected chi connectivity index (χ3v) is 10.4. The van der Waals surface area contributed by atoms with Gasteiger partial charge in [0.2, 0.25) is 0 Å². The number of fused-ring (bicyclic) bond motifs is 5. The van der Waals surface area contributed by atoms with Crippen LogP contribution in [-0.4, -0.2) is 0 Å². The number of benzene rings is 8. The summed E-state index contributed by atoms with van der Waals surface area (Å²) in [6.07, 6.45) is 0. The molecule has 0 aromatic heterocycles. The Morgan fingerprint density at radius 2 is 0.654 bits per heavy atom. The topological polar surface area (TPSA) is 6.48 Å². The quantitative estimate of drug-likeness (QED) is 0.162. The molecule has 0 radical (unpaired) electrons. The first-order valence-corrected chi connectivity index (χ1v) is 18.3. The third kappa shape index (κ3) is 6.09. The molecule has 0 unspecified atom stereocenters. The monoisotopic (exact) mass is 674 g/mol. The van der Waals surface area contributed by atoms with Gasteiger partial charge in [-0.3, -0.25) is 0 Å². The van der Waals surface area contributed by atoms with Crippen molar-refractivity contribution in [3.05, 3.63) is 179 Å². The maximum absolute atomic E-state index is 2.45. The lowest BCUT2D eigenvalue weighted by Crippen LogP contribution is -2.13. The normalized spacial score (nSPS) is 11.8. The van der Waals surface area contributed by atoms with Crippen molar-refractivity contribution in [2.75, 3.05) is 9.80 Å². The first kappa shape index (κ1) is 33.3. The van der Waals surface area contributed by atoms with E-state index in [4.69, 9.17) is 0 Å². The van der Waals surface area contributed by atoms with Crippen LogP contribution in [0.15, 0.2) is 152 Å². The molecule has 0 fully saturated rings. The summed E-state index contributed by atoms with van der Waals surface area (Å²) in [6.45, 7) is 15.5. The average Bonchev–Trinajstić information content (AvgIpc) is 3.14. The number of nitrogens with zero attached hydrogens (tertiary/aromatic N) is 2. The molecule has 8 aromatic rings. The lowest BCUT2D eigenvalue weighted by atomic mass is 9.84. The average molecular weight is 675 g/mol. The summed E-state index contributed by atoms with van der Waals surface area (Å²) >= 11 is 0. The van der Waals surface area contributed by atoms with Gasteiger partial charge in [0.1, 0.15) is 0 Å². The van der Waals surface area contributed by atoms with Gasteiger partial charge < -0.3 is 9.80 Å². The number of hydrogen-bond donors (Lipinski definition) is 0. The molecular weight excluding hydrogens is 629 g/mol. The van der Waals surface area contributed by atoms with E-state index in [2.05, 4.69) is 210 Å². The van der Waals surface area contributed by atoms with Gasteiger partial charge in [-0.05, 0) is 127 Å². The second-order valence-electron chi connectivity index (χ2n) is 15.5. The van der Waals surface area contributed by atoms with Crippen LogP contribution < -0.4 is 9.80 Å².